The van der Waals surface area contributed by atoms with Gasteiger partial charge in [0.15, 0.2) is 0 Å². The minimum Gasteiger partial charge on any atom is -0.456 e. The number of phosphoric ester groups is 1. The van der Waals surface area contributed by atoms with E-state index in [2.05, 4.69) is 26.1 Å². The molecule has 0 radical (unpaired) electrons. The third-order valence-corrected chi connectivity index (χ3v) is 16.7. The highest BCUT2D eigenvalue weighted by molar-refractivity contribution is 7.47. The van der Waals surface area contributed by atoms with Gasteiger partial charge in [0.1, 0.15) is 19.3 Å². The molecule has 3 unspecified atom stereocenters. The number of amides is 1. The number of nitrogens with one attached hydrogen (secondary N) is 1. The quantitative estimate of drug-likeness (QED) is 0.0205. The van der Waals surface area contributed by atoms with Gasteiger partial charge in [-0.25, -0.2) is 4.57 Å². The van der Waals surface area contributed by atoms with Gasteiger partial charge in [0, 0.05) is 12.8 Å². The minimum atomic E-state index is -4.44. The average molecular weight is 1110 g/mol. The van der Waals surface area contributed by atoms with Crippen LogP contribution in [0.2, 0.25) is 0 Å². The fourth-order valence-electron chi connectivity index (χ4n) is 10.5. The Morgan fingerprint density at radius 2 is 0.740 bits per heavy atom. The first-order valence-electron chi connectivity index (χ1n) is 34.0. The van der Waals surface area contributed by atoms with Crippen molar-refractivity contribution in [3.05, 3.63) is 12.2 Å². The van der Waals surface area contributed by atoms with E-state index in [9.17, 15) is 19.0 Å². The number of unbranched alkanes of at least 4 members (excludes halogenated alkanes) is 47. The van der Waals surface area contributed by atoms with Crippen LogP contribution in [0.15, 0.2) is 12.2 Å². The molecule has 3 atom stereocenters. The summed E-state index contributed by atoms with van der Waals surface area (Å²) < 4.78 is 30.7. The number of hydrogen-bond acceptors (Lipinski definition) is 6. The molecule has 10 heteroatoms. The van der Waals surface area contributed by atoms with Crippen molar-refractivity contribution in [2.75, 3.05) is 40.9 Å². The van der Waals surface area contributed by atoms with Crippen molar-refractivity contribution in [1.29, 1.82) is 0 Å². The topological polar surface area (TPSA) is 111 Å². The molecular formula is C67H134N2O7P+. The number of rotatable bonds is 63. The Hall–Kier alpha value is -1.25. The van der Waals surface area contributed by atoms with Crippen molar-refractivity contribution in [3.8, 4) is 0 Å². The second-order valence-corrected chi connectivity index (χ2v) is 26.2. The molecule has 458 valence electrons. The zero-order valence-electron chi connectivity index (χ0n) is 52.5. The predicted molar refractivity (Wildman–Crippen MR) is 333 cm³/mol. The van der Waals surface area contributed by atoms with E-state index in [4.69, 9.17) is 13.8 Å². The zero-order chi connectivity index (χ0) is 56.4. The van der Waals surface area contributed by atoms with Crippen molar-refractivity contribution >= 4 is 19.7 Å². The van der Waals surface area contributed by atoms with Crippen LogP contribution in [-0.4, -0.2) is 74.3 Å². The van der Waals surface area contributed by atoms with Crippen molar-refractivity contribution in [3.63, 3.8) is 0 Å². The molecule has 0 aliphatic rings. The van der Waals surface area contributed by atoms with Crippen LogP contribution < -0.4 is 5.32 Å². The molecule has 0 fully saturated rings. The number of likely N-dealkylation sites (N-methyl/N-ethyl adjacent to an activating group) is 1. The number of carbonyl (C=O) groups is 2. The van der Waals surface area contributed by atoms with Crippen LogP contribution in [0.1, 0.15) is 355 Å². The van der Waals surface area contributed by atoms with E-state index in [0.29, 0.717) is 23.9 Å². The minimum absolute atomic E-state index is 0.0457. The van der Waals surface area contributed by atoms with Gasteiger partial charge in [-0.05, 0) is 31.8 Å². The number of quaternary nitrogens is 1. The first kappa shape index (κ1) is 75.8. The number of esters is 1. The number of nitrogens with zero attached hydrogens (tertiary/aromatic N) is 1. The first-order valence-corrected chi connectivity index (χ1v) is 35.5. The third-order valence-electron chi connectivity index (χ3n) is 15.7. The molecule has 0 bridgehead atoms. The van der Waals surface area contributed by atoms with Gasteiger partial charge in [0.25, 0.3) is 0 Å². The van der Waals surface area contributed by atoms with E-state index in [0.717, 1.165) is 57.8 Å². The molecule has 2 N–H and O–H groups in total. The third kappa shape index (κ3) is 59.2. The summed E-state index contributed by atoms with van der Waals surface area (Å²) in [6.45, 7) is 7.07. The number of allylic oxidation sites excluding steroid dienone is 1. The Morgan fingerprint density at radius 1 is 0.442 bits per heavy atom. The monoisotopic (exact) mass is 1110 g/mol. The van der Waals surface area contributed by atoms with E-state index in [1.54, 1.807) is 0 Å². The summed E-state index contributed by atoms with van der Waals surface area (Å²) in [6.07, 6.45) is 68.0. The van der Waals surface area contributed by atoms with E-state index in [1.807, 2.05) is 33.3 Å². The Kier molecular flexibility index (Phi) is 57.0. The molecule has 0 spiro atoms. The van der Waals surface area contributed by atoms with Crippen LogP contribution in [0.5, 0.6) is 0 Å². The Morgan fingerprint density at radius 3 is 1.06 bits per heavy atom. The highest BCUT2D eigenvalue weighted by atomic mass is 31.2. The molecule has 9 nitrogen and oxygen atoms in total. The van der Waals surface area contributed by atoms with Crippen LogP contribution >= 0.6 is 7.82 Å². The van der Waals surface area contributed by atoms with Gasteiger partial charge in [0.2, 0.25) is 5.91 Å². The smallest absolute Gasteiger partial charge is 0.456 e. The van der Waals surface area contributed by atoms with Crippen LogP contribution in [0.25, 0.3) is 0 Å². The van der Waals surface area contributed by atoms with Crippen molar-refractivity contribution in [2.45, 2.75) is 367 Å². The SMILES string of the molecule is CCCCCCCCCCC/C=C\C(OC(=O)CCCCCCCCCCCCCCCCCCCCCCCCCCCCC)C(COP(=O)(O)OCC[N+](C)(C)C)NC(=O)CCCCCCCCCCCCCCC. The second kappa shape index (κ2) is 58.0. The maximum Gasteiger partial charge on any atom is 0.472 e. The first-order chi connectivity index (χ1) is 37.4. The van der Waals surface area contributed by atoms with Gasteiger partial charge in [-0.2, -0.15) is 0 Å². The maximum atomic E-state index is 13.5. The van der Waals surface area contributed by atoms with Gasteiger partial charge in [-0.1, -0.05) is 322 Å². The van der Waals surface area contributed by atoms with Gasteiger partial charge in [-0.3, -0.25) is 18.6 Å². The summed E-state index contributed by atoms with van der Waals surface area (Å²) in [4.78, 5) is 37.7. The number of ether oxygens (including phenoxy) is 1. The standard InChI is InChI=1S/C67H133N2O7P/c1-7-10-13-16-19-22-25-27-28-29-30-31-32-33-34-35-36-37-38-39-40-42-45-48-51-54-57-60-67(71)76-65(58-55-52-49-46-43-24-21-18-15-12-9-3)64(63-75-77(72,73)74-62-61-69(4,5)6)68-66(70)59-56-53-50-47-44-41-26-23-20-17-14-11-8-2/h55,58,64-65H,7-54,56-57,59-63H2,1-6H3,(H-,68,70,72,73)/p+1/b58-55-. The molecule has 0 aromatic heterocycles. The molecule has 0 heterocycles. The van der Waals surface area contributed by atoms with E-state index in [-0.39, 0.29) is 25.1 Å². The molecular weight excluding hydrogens is 976 g/mol. The predicted octanol–water partition coefficient (Wildman–Crippen LogP) is 21.1. The van der Waals surface area contributed by atoms with Gasteiger partial charge < -0.3 is 19.4 Å². The molecule has 77 heavy (non-hydrogen) atoms. The fraction of sp³-hybridized carbons (Fsp3) is 0.940. The Bertz CT molecular complexity index is 1320. The number of hydrogen-bond donors (Lipinski definition) is 2. The lowest BCUT2D eigenvalue weighted by molar-refractivity contribution is -0.870. The average Bonchev–Trinajstić information content (AvgIpc) is 3.39. The van der Waals surface area contributed by atoms with Crippen molar-refractivity contribution < 1.29 is 37.3 Å². The molecule has 0 saturated heterocycles. The van der Waals surface area contributed by atoms with Crippen molar-refractivity contribution in [2.24, 2.45) is 0 Å². The summed E-state index contributed by atoms with van der Waals surface area (Å²) in [6, 6.07) is -0.839. The molecule has 0 saturated carbocycles. The largest absolute Gasteiger partial charge is 0.472 e. The lowest BCUT2D eigenvalue weighted by Gasteiger charge is -2.27. The molecule has 0 rings (SSSR count). The van der Waals surface area contributed by atoms with Crippen LogP contribution in [0.3, 0.4) is 0 Å². The fourth-order valence-corrected chi connectivity index (χ4v) is 11.2. The van der Waals surface area contributed by atoms with E-state index in [1.165, 1.54) is 263 Å². The van der Waals surface area contributed by atoms with E-state index >= 15 is 0 Å². The van der Waals surface area contributed by atoms with Crippen molar-refractivity contribution in [1.82, 2.24) is 5.32 Å². The highest BCUT2D eigenvalue weighted by Gasteiger charge is 2.30. The second-order valence-electron chi connectivity index (χ2n) is 24.7. The molecule has 1 amide bonds. The van der Waals surface area contributed by atoms with E-state index < -0.39 is 20.0 Å². The lowest BCUT2D eigenvalue weighted by Crippen LogP contribution is -2.47. The normalized spacial score (nSPS) is 13.6. The summed E-state index contributed by atoms with van der Waals surface area (Å²) in [5, 5.41) is 3.06. The van der Waals surface area contributed by atoms with Crippen LogP contribution in [-0.2, 0) is 27.9 Å². The van der Waals surface area contributed by atoms with Gasteiger partial charge >= 0.3 is 13.8 Å². The number of phosphoric acid groups is 1. The summed E-state index contributed by atoms with van der Waals surface area (Å²) in [7, 11) is 1.52. The van der Waals surface area contributed by atoms with Gasteiger partial charge in [-0.15, -0.1) is 0 Å². The Labute approximate surface area is 480 Å². The molecule has 0 aromatic carbocycles. The Balaban J connectivity index is 4.90. The summed E-state index contributed by atoms with van der Waals surface area (Å²) >= 11 is 0. The molecule has 0 aliphatic heterocycles. The maximum absolute atomic E-state index is 13.5. The van der Waals surface area contributed by atoms with Crippen LogP contribution in [0.4, 0.5) is 0 Å². The number of carbonyl (C=O) groups excluding carboxylic acids is 2. The zero-order valence-corrected chi connectivity index (χ0v) is 53.4. The highest BCUT2D eigenvalue weighted by Crippen LogP contribution is 2.43. The van der Waals surface area contributed by atoms with Crippen LogP contribution in [0, 0.1) is 0 Å². The lowest BCUT2D eigenvalue weighted by atomic mass is 10.0. The summed E-state index contributed by atoms with van der Waals surface area (Å²) in [5.74, 6) is -0.483. The molecule has 0 aliphatic carbocycles. The van der Waals surface area contributed by atoms with Gasteiger partial charge in [0.05, 0.1) is 33.8 Å². The summed E-state index contributed by atoms with van der Waals surface area (Å²) in [5.41, 5.74) is 0. The molecule has 0 aromatic rings.